The Hall–Kier alpha value is -1.78. The highest BCUT2D eigenvalue weighted by molar-refractivity contribution is 5.59. The van der Waals surface area contributed by atoms with Crippen LogP contribution in [0.4, 0.5) is 11.4 Å². The molecule has 0 radical (unpaired) electrons. The smallest absolute Gasteiger partial charge is 0.311 e. The molecule has 0 aliphatic heterocycles. The van der Waals surface area contributed by atoms with E-state index < -0.39 is 4.92 Å². The standard InChI is InChI=1S/C15H22N2O3/c1-10(2)20-14-9-12(7-8-13(14)17(18)19)16-15(3,4)11-5-6-11/h7-11,16H,5-6H2,1-4H3. The van der Waals surface area contributed by atoms with Crippen LogP contribution in [-0.2, 0) is 0 Å². The minimum atomic E-state index is -0.409. The third-order valence-corrected chi connectivity index (χ3v) is 3.58. The van der Waals surface area contributed by atoms with Crippen molar-refractivity contribution in [2.45, 2.75) is 52.2 Å². The molecule has 0 amide bonds. The van der Waals surface area contributed by atoms with Crippen LogP contribution in [-0.4, -0.2) is 16.6 Å². The van der Waals surface area contributed by atoms with Gasteiger partial charge in [0.1, 0.15) is 0 Å². The normalized spacial score (nSPS) is 15.2. The van der Waals surface area contributed by atoms with E-state index in [4.69, 9.17) is 4.74 Å². The Bertz CT molecular complexity index is 508. The van der Waals surface area contributed by atoms with Crippen molar-refractivity contribution >= 4 is 11.4 Å². The molecule has 1 saturated carbocycles. The highest BCUT2D eigenvalue weighted by atomic mass is 16.6. The molecule has 0 heterocycles. The van der Waals surface area contributed by atoms with Crippen LogP contribution in [0.5, 0.6) is 5.75 Å². The van der Waals surface area contributed by atoms with Gasteiger partial charge in [-0.15, -0.1) is 0 Å². The molecule has 0 spiro atoms. The van der Waals surface area contributed by atoms with E-state index in [1.54, 1.807) is 12.1 Å². The van der Waals surface area contributed by atoms with Gasteiger partial charge in [0.05, 0.1) is 11.0 Å². The van der Waals surface area contributed by atoms with Crippen molar-refractivity contribution in [3.05, 3.63) is 28.3 Å². The van der Waals surface area contributed by atoms with E-state index >= 15 is 0 Å². The summed E-state index contributed by atoms with van der Waals surface area (Å²) in [6.45, 7) is 8.04. The van der Waals surface area contributed by atoms with Gasteiger partial charge >= 0.3 is 5.69 Å². The Balaban J connectivity index is 2.24. The van der Waals surface area contributed by atoms with Crippen LogP contribution >= 0.6 is 0 Å². The van der Waals surface area contributed by atoms with Gasteiger partial charge in [0.2, 0.25) is 0 Å². The van der Waals surface area contributed by atoms with Crippen molar-refractivity contribution in [2.24, 2.45) is 5.92 Å². The van der Waals surface area contributed by atoms with Crippen molar-refractivity contribution in [3.8, 4) is 5.75 Å². The molecule has 2 rings (SSSR count). The van der Waals surface area contributed by atoms with Crippen molar-refractivity contribution in [2.75, 3.05) is 5.32 Å². The lowest BCUT2D eigenvalue weighted by Crippen LogP contribution is -2.33. The van der Waals surface area contributed by atoms with Gasteiger partial charge in [-0.3, -0.25) is 10.1 Å². The first-order valence-electron chi connectivity index (χ1n) is 7.03. The average Bonchev–Trinajstić information content (AvgIpc) is 3.10. The first kappa shape index (κ1) is 14.6. The maximum Gasteiger partial charge on any atom is 0.311 e. The predicted molar refractivity (Wildman–Crippen MR) is 79.3 cm³/mol. The minimum Gasteiger partial charge on any atom is -0.484 e. The number of nitrogens with zero attached hydrogens (tertiary/aromatic N) is 1. The van der Waals surface area contributed by atoms with E-state index in [1.165, 1.54) is 18.9 Å². The maximum absolute atomic E-state index is 11.0. The number of nitro groups is 1. The molecule has 0 bridgehead atoms. The summed E-state index contributed by atoms with van der Waals surface area (Å²) in [5, 5.41) is 14.5. The molecular formula is C15H22N2O3. The zero-order valence-electron chi connectivity index (χ0n) is 12.5. The topological polar surface area (TPSA) is 64.4 Å². The zero-order chi connectivity index (χ0) is 14.9. The van der Waals surface area contributed by atoms with E-state index in [-0.39, 0.29) is 17.3 Å². The Morgan fingerprint density at radius 2 is 2.05 bits per heavy atom. The number of hydrogen-bond donors (Lipinski definition) is 1. The number of ether oxygens (including phenoxy) is 1. The van der Waals surface area contributed by atoms with Gasteiger partial charge in [-0.25, -0.2) is 0 Å². The van der Waals surface area contributed by atoms with Gasteiger partial charge in [-0.1, -0.05) is 0 Å². The van der Waals surface area contributed by atoms with E-state index in [9.17, 15) is 10.1 Å². The highest BCUT2D eigenvalue weighted by Crippen LogP contribution is 2.42. The number of nitro benzene ring substituents is 1. The lowest BCUT2D eigenvalue weighted by molar-refractivity contribution is -0.386. The summed E-state index contributed by atoms with van der Waals surface area (Å²) in [7, 11) is 0. The summed E-state index contributed by atoms with van der Waals surface area (Å²) in [5.74, 6) is 0.994. The molecule has 1 fully saturated rings. The second kappa shape index (κ2) is 5.31. The summed E-state index contributed by atoms with van der Waals surface area (Å²) < 4.78 is 5.56. The molecule has 1 N–H and O–H groups in total. The molecule has 110 valence electrons. The van der Waals surface area contributed by atoms with E-state index in [0.29, 0.717) is 11.7 Å². The van der Waals surface area contributed by atoms with Crippen LogP contribution in [0.15, 0.2) is 18.2 Å². The summed E-state index contributed by atoms with van der Waals surface area (Å²) in [6.07, 6.45) is 2.38. The second-order valence-corrected chi connectivity index (χ2v) is 6.23. The SMILES string of the molecule is CC(C)Oc1cc(NC(C)(C)C2CC2)ccc1[N+](=O)[O-]. The maximum atomic E-state index is 11.0. The summed E-state index contributed by atoms with van der Waals surface area (Å²) >= 11 is 0. The molecular weight excluding hydrogens is 256 g/mol. The molecule has 5 heteroatoms. The fraction of sp³-hybridized carbons (Fsp3) is 0.600. The third kappa shape index (κ3) is 3.40. The van der Waals surface area contributed by atoms with Crippen molar-refractivity contribution in [3.63, 3.8) is 0 Å². The fourth-order valence-corrected chi connectivity index (χ4v) is 2.37. The van der Waals surface area contributed by atoms with Crippen molar-refractivity contribution in [1.29, 1.82) is 0 Å². The zero-order valence-corrected chi connectivity index (χ0v) is 12.5. The second-order valence-electron chi connectivity index (χ2n) is 6.23. The number of benzene rings is 1. The van der Waals surface area contributed by atoms with Gasteiger partial charge in [0.25, 0.3) is 0 Å². The van der Waals surface area contributed by atoms with Crippen LogP contribution in [0.1, 0.15) is 40.5 Å². The van der Waals surface area contributed by atoms with Crippen molar-refractivity contribution in [1.82, 2.24) is 0 Å². The number of nitrogens with one attached hydrogen (secondary N) is 1. The molecule has 5 nitrogen and oxygen atoms in total. The fourth-order valence-electron chi connectivity index (χ4n) is 2.37. The van der Waals surface area contributed by atoms with Crippen LogP contribution in [0.3, 0.4) is 0 Å². The molecule has 1 aromatic rings. The number of rotatable bonds is 6. The van der Waals surface area contributed by atoms with Crippen LogP contribution in [0.2, 0.25) is 0 Å². The highest BCUT2D eigenvalue weighted by Gasteiger charge is 2.37. The quantitative estimate of drug-likeness (QED) is 0.631. The van der Waals surface area contributed by atoms with Gasteiger partial charge in [-0.2, -0.15) is 0 Å². The van der Waals surface area contributed by atoms with Crippen LogP contribution < -0.4 is 10.1 Å². The first-order chi connectivity index (χ1) is 9.29. The van der Waals surface area contributed by atoms with E-state index in [0.717, 1.165) is 5.69 Å². The summed E-state index contributed by atoms with van der Waals surface area (Å²) in [4.78, 5) is 10.6. The van der Waals surface area contributed by atoms with E-state index in [2.05, 4.69) is 19.2 Å². The molecule has 1 aromatic carbocycles. The number of hydrogen-bond acceptors (Lipinski definition) is 4. The third-order valence-electron chi connectivity index (χ3n) is 3.58. The minimum absolute atomic E-state index is 0.00519. The van der Waals surface area contributed by atoms with Crippen LogP contribution in [0, 0.1) is 16.0 Å². The molecule has 0 unspecified atom stereocenters. The summed E-state index contributed by atoms with van der Waals surface area (Å²) in [5.41, 5.74) is 0.877. The molecule has 0 saturated heterocycles. The lowest BCUT2D eigenvalue weighted by Gasteiger charge is -2.27. The van der Waals surface area contributed by atoms with Gasteiger partial charge in [-0.05, 0) is 52.5 Å². The van der Waals surface area contributed by atoms with Crippen LogP contribution in [0.25, 0.3) is 0 Å². The van der Waals surface area contributed by atoms with Gasteiger partial charge < -0.3 is 10.1 Å². The van der Waals surface area contributed by atoms with Crippen molar-refractivity contribution < 1.29 is 9.66 Å². The average molecular weight is 278 g/mol. The lowest BCUT2D eigenvalue weighted by atomic mass is 9.98. The van der Waals surface area contributed by atoms with Gasteiger partial charge in [0.15, 0.2) is 5.75 Å². The Morgan fingerprint density at radius 1 is 1.40 bits per heavy atom. The Kier molecular flexibility index (Phi) is 3.88. The monoisotopic (exact) mass is 278 g/mol. The Morgan fingerprint density at radius 3 is 2.55 bits per heavy atom. The molecule has 1 aliphatic carbocycles. The molecule has 1 aliphatic rings. The molecule has 0 atom stereocenters. The first-order valence-corrected chi connectivity index (χ1v) is 7.03. The van der Waals surface area contributed by atoms with Gasteiger partial charge in [0, 0.05) is 23.4 Å². The molecule has 20 heavy (non-hydrogen) atoms. The molecule has 0 aromatic heterocycles. The predicted octanol–water partition coefficient (Wildman–Crippen LogP) is 3.98. The largest absolute Gasteiger partial charge is 0.484 e. The Labute approximate surface area is 119 Å². The number of anilines is 1. The van der Waals surface area contributed by atoms with E-state index in [1.807, 2.05) is 13.8 Å². The summed E-state index contributed by atoms with van der Waals surface area (Å²) in [6, 6.07) is 4.97.